The highest BCUT2D eigenvalue weighted by Crippen LogP contribution is 2.21. The third-order valence-electron chi connectivity index (χ3n) is 2.57. The van der Waals surface area contributed by atoms with Crippen LogP contribution in [-0.4, -0.2) is 16.1 Å². The van der Waals surface area contributed by atoms with Crippen LogP contribution in [0.1, 0.15) is 22.2 Å². The van der Waals surface area contributed by atoms with Crippen LogP contribution in [-0.2, 0) is 0 Å². The van der Waals surface area contributed by atoms with E-state index in [9.17, 15) is 4.79 Å². The molecule has 0 spiro atoms. The molecule has 0 radical (unpaired) electrons. The first kappa shape index (κ1) is 13.5. The van der Waals surface area contributed by atoms with E-state index in [1.54, 1.807) is 36.4 Å². The molecule has 0 unspecified atom stereocenters. The van der Waals surface area contributed by atoms with Crippen LogP contribution in [0, 0.1) is 0 Å². The van der Waals surface area contributed by atoms with E-state index in [1.165, 1.54) is 12.1 Å². The third kappa shape index (κ3) is 3.32. The van der Waals surface area contributed by atoms with Gasteiger partial charge in [-0.3, -0.25) is 4.79 Å². The highest BCUT2D eigenvalue weighted by Gasteiger charge is 2.10. The Morgan fingerprint density at radius 1 is 1.11 bits per heavy atom. The maximum absolute atomic E-state index is 12.0. The summed E-state index contributed by atoms with van der Waals surface area (Å²) in [4.78, 5) is 12.0. The molecule has 2 aromatic rings. The predicted molar refractivity (Wildman–Crippen MR) is 73.0 cm³/mol. The van der Waals surface area contributed by atoms with E-state index in [0.29, 0.717) is 16.3 Å². The van der Waals surface area contributed by atoms with Crippen molar-refractivity contribution in [3.05, 3.63) is 64.7 Å². The molecule has 5 heteroatoms. The normalized spacial score (nSPS) is 10.5. The Morgan fingerprint density at radius 3 is 2.53 bits per heavy atom. The number of benzene rings is 2. The molecule has 2 aromatic carbocycles. The first-order valence-electron chi connectivity index (χ1n) is 5.60. The summed E-state index contributed by atoms with van der Waals surface area (Å²) in [5.74, 6) is -0.365. The van der Waals surface area contributed by atoms with Crippen molar-refractivity contribution in [3.63, 3.8) is 0 Å². The van der Waals surface area contributed by atoms with Crippen LogP contribution in [0.3, 0.4) is 0 Å². The van der Waals surface area contributed by atoms with Crippen LogP contribution in [0.4, 0.5) is 5.69 Å². The van der Waals surface area contributed by atoms with Gasteiger partial charge in [-0.15, -0.1) is 0 Å². The number of carbonyl (C=O) groups excluding carboxylic acids is 1. The van der Waals surface area contributed by atoms with Crippen molar-refractivity contribution in [2.24, 2.45) is 0 Å². The fourth-order valence-electron chi connectivity index (χ4n) is 1.60. The van der Waals surface area contributed by atoms with Crippen molar-refractivity contribution < 1.29 is 15.0 Å². The smallest absolute Gasteiger partial charge is 0.255 e. The zero-order valence-corrected chi connectivity index (χ0v) is 10.6. The Balaban J connectivity index is 2.21. The van der Waals surface area contributed by atoms with Crippen LogP contribution in [0.25, 0.3) is 0 Å². The van der Waals surface area contributed by atoms with Gasteiger partial charge in [-0.1, -0.05) is 35.9 Å². The molecule has 0 aliphatic carbocycles. The summed E-state index contributed by atoms with van der Waals surface area (Å²) < 4.78 is 0. The summed E-state index contributed by atoms with van der Waals surface area (Å²) in [5, 5.41) is 21.2. The van der Waals surface area contributed by atoms with Crippen molar-refractivity contribution >= 4 is 23.2 Å². The van der Waals surface area contributed by atoms with Gasteiger partial charge in [0.2, 0.25) is 0 Å². The molecule has 0 aliphatic heterocycles. The number of hydrogen-bond acceptors (Lipinski definition) is 3. The lowest BCUT2D eigenvalue weighted by molar-refractivity contribution is -0.0424. The first-order chi connectivity index (χ1) is 9.08. The number of aliphatic hydroxyl groups excluding tert-OH is 1. The van der Waals surface area contributed by atoms with Gasteiger partial charge < -0.3 is 15.5 Å². The summed E-state index contributed by atoms with van der Waals surface area (Å²) >= 11 is 5.94. The molecule has 1 amide bonds. The second kappa shape index (κ2) is 5.84. The molecule has 3 N–H and O–H groups in total. The topological polar surface area (TPSA) is 69.6 Å². The Labute approximate surface area is 115 Å². The molecular formula is C14H12ClNO3. The van der Waals surface area contributed by atoms with Gasteiger partial charge in [0.25, 0.3) is 5.91 Å². The highest BCUT2D eigenvalue weighted by molar-refractivity contribution is 6.33. The van der Waals surface area contributed by atoms with Crippen molar-refractivity contribution in [2.75, 3.05) is 5.32 Å². The fourth-order valence-corrected chi connectivity index (χ4v) is 1.78. The quantitative estimate of drug-likeness (QED) is 0.755. The molecule has 0 fully saturated rings. The molecule has 0 bridgehead atoms. The zero-order valence-electron chi connectivity index (χ0n) is 9.88. The van der Waals surface area contributed by atoms with E-state index in [0.717, 1.165) is 0 Å². The van der Waals surface area contributed by atoms with Gasteiger partial charge in [0.15, 0.2) is 6.29 Å². The minimum absolute atomic E-state index is 0.256. The molecular weight excluding hydrogens is 266 g/mol. The number of aliphatic hydroxyl groups is 2. The van der Waals surface area contributed by atoms with Crippen LogP contribution in [0.5, 0.6) is 0 Å². The van der Waals surface area contributed by atoms with Crippen LogP contribution in [0.2, 0.25) is 5.02 Å². The predicted octanol–water partition coefficient (Wildman–Crippen LogP) is 2.58. The average molecular weight is 278 g/mol. The maximum atomic E-state index is 12.0. The van der Waals surface area contributed by atoms with Crippen molar-refractivity contribution in [1.29, 1.82) is 0 Å². The number of anilines is 1. The summed E-state index contributed by atoms with van der Waals surface area (Å²) in [6.07, 6.45) is -1.60. The molecule has 0 saturated carbocycles. The van der Waals surface area contributed by atoms with Crippen LogP contribution >= 0.6 is 11.6 Å². The lowest BCUT2D eigenvalue weighted by atomic mass is 10.1. The number of para-hydroxylation sites is 1. The number of halogens is 1. The third-order valence-corrected chi connectivity index (χ3v) is 2.90. The first-order valence-corrected chi connectivity index (χ1v) is 5.97. The summed E-state index contributed by atoms with van der Waals surface area (Å²) in [6.45, 7) is 0. The van der Waals surface area contributed by atoms with Crippen LogP contribution < -0.4 is 5.32 Å². The fraction of sp³-hybridized carbons (Fsp3) is 0.0714. The maximum Gasteiger partial charge on any atom is 0.255 e. The lowest BCUT2D eigenvalue weighted by Gasteiger charge is -2.09. The van der Waals surface area contributed by atoms with Gasteiger partial charge in [0, 0.05) is 11.1 Å². The van der Waals surface area contributed by atoms with Gasteiger partial charge in [-0.05, 0) is 24.3 Å². The molecule has 0 aliphatic rings. The second-order valence-electron chi connectivity index (χ2n) is 3.93. The lowest BCUT2D eigenvalue weighted by Crippen LogP contribution is -2.12. The van der Waals surface area contributed by atoms with Crippen molar-refractivity contribution in [3.8, 4) is 0 Å². The van der Waals surface area contributed by atoms with E-state index in [1.807, 2.05) is 0 Å². The number of nitrogens with one attached hydrogen (secondary N) is 1. The second-order valence-corrected chi connectivity index (χ2v) is 4.34. The van der Waals surface area contributed by atoms with Crippen molar-refractivity contribution in [2.45, 2.75) is 6.29 Å². The van der Waals surface area contributed by atoms with Gasteiger partial charge >= 0.3 is 0 Å². The van der Waals surface area contributed by atoms with E-state index in [4.69, 9.17) is 21.8 Å². The molecule has 2 rings (SSSR count). The Kier molecular flexibility index (Phi) is 4.16. The van der Waals surface area contributed by atoms with E-state index < -0.39 is 6.29 Å². The van der Waals surface area contributed by atoms with Crippen LogP contribution in [0.15, 0.2) is 48.5 Å². The SMILES string of the molecule is O=C(Nc1ccccc1Cl)c1cccc(C(O)O)c1. The average Bonchev–Trinajstić information content (AvgIpc) is 2.41. The minimum atomic E-state index is -1.60. The number of amides is 1. The monoisotopic (exact) mass is 277 g/mol. The van der Waals surface area contributed by atoms with E-state index in [-0.39, 0.29) is 11.5 Å². The number of rotatable bonds is 3. The molecule has 0 heterocycles. The van der Waals surface area contributed by atoms with Crippen molar-refractivity contribution in [1.82, 2.24) is 0 Å². The number of carbonyl (C=O) groups is 1. The molecule has 0 saturated heterocycles. The minimum Gasteiger partial charge on any atom is -0.364 e. The number of hydrogen-bond donors (Lipinski definition) is 3. The summed E-state index contributed by atoms with van der Waals surface area (Å²) in [7, 11) is 0. The Hall–Kier alpha value is -1.88. The van der Waals surface area contributed by atoms with E-state index in [2.05, 4.69) is 5.32 Å². The largest absolute Gasteiger partial charge is 0.364 e. The van der Waals surface area contributed by atoms with Gasteiger partial charge in [-0.2, -0.15) is 0 Å². The molecule has 19 heavy (non-hydrogen) atoms. The highest BCUT2D eigenvalue weighted by atomic mass is 35.5. The summed E-state index contributed by atoms with van der Waals surface area (Å²) in [6, 6.07) is 13.0. The molecule has 4 nitrogen and oxygen atoms in total. The molecule has 0 atom stereocenters. The zero-order chi connectivity index (χ0) is 13.8. The van der Waals surface area contributed by atoms with E-state index >= 15 is 0 Å². The molecule has 0 aromatic heterocycles. The molecule has 98 valence electrons. The Bertz CT molecular complexity index is 599. The Morgan fingerprint density at radius 2 is 1.84 bits per heavy atom. The van der Waals surface area contributed by atoms with Gasteiger partial charge in [0.05, 0.1) is 10.7 Å². The van der Waals surface area contributed by atoms with Gasteiger partial charge in [0.1, 0.15) is 0 Å². The summed E-state index contributed by atoms with van der Waals surface area (Å²) in [5.41, 5.74) is 1.08. The standard InChI is InChI=1S/C14H12ClNO3/c15-11-6-1-2-7-12(11)16-13(17)9-4-3-5-10(8-9)14(18)19/h1-8,14,18-19H,(H,16,17). The van der Waals surface area contributed by atoms with Gasteiger partial charge in [-0.25, -0.2) is 0 Å².